The molecule has 1 aliphatic heterocycles. The van der Waals surface area contributed by atoms with Crippen LogP contribution < -0.4 is 51.4 Å². The maximum atomic E-state index is 12.3. The van der Waals surface area contributed by atoms with Crippen LogP contribution in [-0.2, 0) is 13.1 Å². The SMILES string of the molecule is C=C(CN1CCn2cnnc2C1)[B-](F)(F)F.[K+]. The minimum atomic E-state index is -4.94. The van der Waals surface area contributed by atoms with Crippen LogP contribution >= 0.6 is 0 Å². The van der Waals surface area contributed by atoms with Crippen LogP contribution in [0, 0.1) is 0 Å². The number of hydrogen-bond acceptors (Lipinski definition) is 3. The molecule has 88 valence electrons. The first kappa shape index (κ1) is 15.4. The zero-order chi connectivity index (χ0) is 11.8. The van der Waals surface area contributed by atoms with Crippen molar-refractivity contribution in [1.82, 2.24) is 19.7 Å². The molecule has 9 heteroatoms. The van der Waals surface area contributed by atoms with Crippen LogP contribution in [0.2, 0.25) is 0 Å². The van der Waals surface area contributed by atoms with Gasteiger partial charge in [0.15, 0.2) is 0 Å². The topological polar surface area (TPSA) is 34.0 Å². The van der Waals surface area contributed by atoms with Gasteiger partial charge in [0.05, 0.1) is 6.54 Å². The fourth-order valence-electron chi connectivity index (χ4n) is 1.64. The Hall–Kier alpha value is 0.331. The van der Waals surface area contributed by atoms with E-state index < -0.39 is 12.4 Å². The van der Waals surface area contributed by atoms with Crippen molar-refractivity contribution in [3.05, 3.63) is 24.2 Å². The van der Waals surface area contributed by atoms with E-state index in [4.69, 9.17) is 0 Å². The molecule has 0 atom stereocenters. The van der Waals surface area contributed by atoms with E-state index in [-0.39, 0.29) is 57.9 Å². The van der Waals surface area contributed by atoms with Crippen molar-refractivity contribution >= 4 is 6.98 Å². The van der Waals surface area contributed by atoms with E-state index in [1.807, 2.05) is 4.57 Å². The molecular formula is C8H11BF3KN4. The van der Waals surface area contributed by atoms with Crippen molar-refractivity contribution in [3.8, 4) is 0 Å². The predicted octanol–water partition coefficient (Wildman–Crippen LogP) is -1.96. The largest absolute Gasteiger partial charge is 1.00 e. The molecule has 2 rings (SSSR count). The first-order chi connectivity index (χ1) is 7.47. The molecular weight excluding hydrogens is 259 g/mol. The van der Waals surface area contributed by atoms with E-state index in [1.54, 1.807) is 11.2 Å². The van der Waals surface area contributed by atoms with Gasteiger partial charge in [-0.2, -0.15) is 0 Å². The molecule has 0 fully saturated rings. The molecule has 0 radical (unpaired) electrons. The van der Waals surface area contributed by atoms with Crippen molar-refractivity contribution in [1.29, 1.82) is 0 Å². The molecule has 0 aromatic carbocycles. The van der Waals surface area contributed by atoms with Crippen LogP contribution in [0.3, 0.4) is 0 Å². The Labute approximate surface area is 140 Å². The molecule has 0 bridgehead atoms. The average Bonchev–Trinajstić information content (AvgIpc) is 2.63. The van der Waals surface area contributed by atoms with Gasteiger partial charge in [-0.15, -0.1) is 22.2 Å². The van der Waals surface area contributed by atoms with Crippen molar-refractivity contribution in [2.45, 2.75) is 13.1 Å². The number of rotatable bonds is 3. The van der Waals surface area contributed by atoms with E-state index in [1.165, 1.54) is 0 Å². The Bertz CT molecular complexity index is 406. The maximum absolute atomic E-state index is 12.3. The molecule has 4 nitrogen and oxygen atoms in total. The third-order valence-electron chi connectivity index (χ3n) is 2.61. The average molecular weight is 270 g/mol. The summed E-state index contributed by atoms with van der Waals surface area (Å²) in [7, 11) is 0. The summed E-state index contributed by atoms with van der Waals surface area (Å²) in [5.41, 5.74) is -0.659. The molecule has 0 amide bonds. The van der Waals surface area contributed by atoms with Crippen LogP contribution in [0.4, 0.5) is 12.9 Å². The second kappa shape index (κ2) is 5.98. The molecule has 0 saturated heterocycles. The molecule has 0 spiro atoms. The zero-order valence-electron chi connectivity index (χ0n) is 9.61. The van der Waals surface area contributed by atoms with Gasteiger partial charge in [0, 0.05) is 13.1 Å². The molecule has 0 N–H and O–H groups in total. The monoisotopic (exact) mass is 270 g/mol. The van der Waals surface area contributed by atoms with Crippen LogP contribution in [0.1, 0.15) is 5.82 Å². The minimum absolute atomic E-state index is 0. The fourth-order valence-corrected chi connectivity index (χ4v) is 1.64. The molecule has 1 aromatic rings. The van der Waals surface area contributed by atoms with Crippen LogP contribution in [0.5, 0.6) is 0 Å². The van der Waals surface area contributed by atoms with E-state index in [0.29, 0.717) is 25.5 Å². The van der Waals surface area contributed by atoms with E-state index >= 15 is 0 Å². The third-order valence-corrected chi connectivity index (χ3v) is 2.61. The summed E-state index contributed by atoms with van der Waals surface area (Å²) < 4.78 is 38.9. The summed E-state index contributed by atoms with van der Waals surface area (Å²) in [6.45, 7) is -0.413. The van der Waals surface area contributed by atoms with Gasteiger partial charge in [-0.3, -0.25) is 4.90 Å². The van der Waals surface area contributed by atoms with E-state index in [2.05, 4.69) is 16.8 Å². The van der Waals surface area contributed by atoms with Gasteiger partial charge in [-0.05, 0) is 6.54 Å². The Morgan fingerprint density at radius 2 is 2.12 bits per heavy atom. The number of nitrogens with zero attached hydrogens (tertiary/aromatic N) is 4. The van der Waals surface area contributed by atoms with Crippen molar-refractivity contribution in [3.63, 3.8) is 0 Å². The Kier molecular flexibility index (Phi) is 5.42. The first-order valence-corrected chi connectivity index (χ1v) is 4.93. The van der Waals surface area contributed by atoms with Crippen molar-refractivity contribution in [2.75, 3.05) is 13.1 Å². The predicted molar refractivity (Wildman–Crippen MR) is 53.5 cm³/mol. The molecule has 1 aliphatic rings. The van der Waals surface area contributed by atoms with Crippen molar-refractivity contribution in [2.24, 2.45) is 0 Å². The van der Waals surface area contributed by atoms with Gasteiger partial charge in [0.25, 0.3) is 0 Å². The van der Waals surface area contributed by atoms with Crippen molar-refractivity contribution < 1.29 is 64.3 Å². The van der Waals surface area contributed by atoms with Crippen LogP contribution in [0.15, 0.2) is 18.4 Å². The summed E-state index contributed by atoms with van der Waals surface area (Å²) in [4.78, 5) is 1.68. The van der Waals surface area contributed by atoms with Gasteiger partial charge in [0.2, 0.25) is 0 Å². The quantitative estimate of drug-likeness (QED) is 0.598. The Morgan fingerprint density at radius 3 is 2.76 bits per heavy atom. The molecule has 0 aliphatic carbocycles. The van der Waals surface area contributed by atoms with E-state index in [9.17, 15) is 12.9 Å². The number of aromatic nitrogens is 3. The summed E-state index contributed by atoms with van der Waals surface area (Å²) in [6.07, 6.45) is 1.59. The smallest absolute Gasteiger partial charge is 0.445 e. The summed E-state index contributed by atoms with van der Waals surface area (Å²) in [6, 6.07) is 0. The standard InChI is InChI=1S/C8H11BF3N4.K/c1-7(9(10,11)12)4-15-2-3-16-6-13-14-8(16)5-15;/h6H,1-5H2;/q-1;+1. The molecule has 0 saturated carbocycles. The summed E-state index contributed by atoms with van der Waals surface area (Å²) in [5, 5.41) is 7.55. The second-order valence-electron chi connectivity index (χ2n) is 3.88. The summed E-state index contributed by atoms with van der Waals surface area (Å²) in [5.74, 6) is 0.703. The van der Waals surface area contributed by atoms with Gasteiger partial charge in [0.1, 0.15) is 12.2 Å². The number of hydrogen-bond donors (Lipinski definition) is 0. The van der Waals surface area contributed by atoms with Gasteiger partial charge >= 0.3 is 58.4 Å². The van der Waals surface area contributed by atoms with Gasteiger partial charge in [-0.25, -0.2) is 0 Å². The van der Waals surface area contributed by atoms with Crippen LogP contribution in [-0.4, -0.2) is 39.7 Å². The van der Waals surface area contributed by atoms with E-state index in [0.717, 1.165) is 0 Å². The van der Waals surface area contributed by atoms with Gasteiger partial charge in [-0.1, -0.05) is 0 Å². The number of fused-ring (bicyclic) bond motifs is 1. The fraction of sp³-hybridized carbons (Fsp3) is 0.500. The first-order valence-electron chi connectivity index (χ1n) is 4.93. The maximum Gasteiger partial charge on any atom is 1.00 e. The Morgan fingerprint density at radius 1 is 1.41 bits per heavy atom. The normalized spacial score (nSPS) is 16.2. The second-order valence-corrected chi connectivity index (χ2v) is 3.88. The molecule has 1 aromatic heterocycles. The van der Waals surface area contributed by atoms with Crippen LogP contribution in [0.25, 0.3) is 0 Å². The summed E-state index contributed by atoms with van der Waals surface area (Å²) >= 11 is 0. The Balaban J connectivity index is 0.00000144. The molecule has 0 unspecified atom stereocenters. The third kappa shape index (κ3) is 3.90. The zero-order valence-corrected chi connectivity index (χ0v) is 12.7. The van der Waals surface area contributed by atoms with Gasteiger partial charge < -0.3 is 17.5 Å². The minimum Gasteiger partial charge on any atom is -0.445 e. The number of halogens is 3. The molecule has 2 heterocycles. The molecule has 17 heavy (non-hydrogen) atoms.